The van der Waals surface area contributed by atoms with E-state index in [4.69, 9.17) is 10.8 Å². The summed E-state index contributed by atoms with van der Waals surface area (Å²) in [4.78, 5) is 17.3. The Morgan fingerprint density at radius 3 is 3.12 bits per heavy atom. The van der Waals surface area contributed by atoms with E-state index < -0.39 is 5.97 Å². The average molecular weight is 253 g/mol. The highest BCUT2D eigenvalue weighted by molar-refractivity contribution is 8.00. The van der Waals surface area contributed by atoms with Crippen LogP contribution in [0.4, 0.5) is 11.5 Å². The van der Waals surface area contributed by atoms with Crippen LogP contribution < -0.4 is 10.6 Å². The van der Waals surface area contributed by atoms with E-state index in [2.05, 4.69) is 16.8 Å². The maximum Gasteiger partial charge on any atom is 0.337 e. The van der Waals surface area contributed by atoms with Crippen LogP contribution in [0, 0.1) is 0 Å². The van der Waals surface area contributed by atoms with Gasteiger partial charge in [-0.25, -0.2) is 9.78 Å². The van der Waals surface area contributed by atoms with E-state index >= 15 is 0 Å². The molecule has 1 atom stereocenters. The molecule has 0 saturated carbocycles. The van der Waals surface area contributed by atoms with Crippen molar-refractivity contribution in [3.8, 4) is 0 Å². The number of anilines is 2. The van der Waals surface area contributed by atoms with Gasteiger partial charge in [0.25, 0.3) is 0 Å². The third kappa shape index (κ3) is 2.63. The van der Waals surface area contributed by atoms with E-state index in [0.717, 1.165) is 18.8 Å². The van der Waals surface area contributed by atoms with Gasteiger partial charge < -0.3 is 15.7 Å². The standard InChI is InChI=1S/C11H15N3O2S/c1-7-6-14(2-3-17-7)10-4-8(11(15)16)9(12)5-13-10/h4-5,7H,2-3,6,12H2,1H3,(H,15,16). The zero-order chi connectivity index (χ0) is 12.4. The number of aromatic nitrogens is 1. The second-order valence-electron chi connectivity index (χ2n) is 4.06. The smallest absolute Gasteiger partial charge is 0.337 e. The molecule has 0 aliphatic carbocycles. The van der Waals surface area contributed by atoms with Gasteiger partial charge in [0, 0.05) is 24.1 Å². The summed E-state index contributed by atoms with van der Waals surface area (Å²) in [7, 11) is 0. The Bertz CT molecular complexity index is 439. The quantitative estimate of drug-likeness (QED) is 0.827. The molecule has 3 N–H and O–H groups in total. The number of hydrogen-bond donors (Lipinski definition) is 2. The van der Waals surface area contributed by atoms with Crippen molar-refractivity contribution in [2.24, 2.45) is 0 Å². The van der Waals surface area contributed by atoms with E-state index in [1.54, 1.807) is 6.07 Å². The zero-order valence-corrected chi connectivity index (χ0v) is 10.4. The number of aromatic carboxylic acids is 1. The van der Waals surface area contributed by atoms with Crippen LogP contribution in [-0.4, -0.2) is 40.2 Å². The van der Waals surface area contributed by atoms with Crippen LogP contribution in [0.2, 0.25) is 0 Å². The highest BCUT2D eigenvalue weighted by Crippen LogP contribution is 2.24. The molecule has 2 heterocycles. The normalized spacial score (nSPS) is 20.3. The molecule has 1 aromatic heterocycles. The highest BCUT2D eigenvalue weighted by atomic mass is 32.2. The molecule has 17 heavy (non-hydrogen) atoms. The number of carboxylic acids is 1. The van der Waals surface area contributed by atoms with Gasteiger partial charge in [-0.3, -0.25) is 0 Å². The molecule has 0 bridgehead atoms. The van der Waals surface area contributed by atoms with E-state index in [1.807, 2.05) is 11.8 Å². The van der Waals surface area contributed by atoms with Gasteiger partial charge in [-0.15, -0.1) is 0 Å². The van der Waals surface area contributed by atoms with Crippen LogP contribution in [0.5, 0.6) is 0 Å². The zero-order valence-electron chi connectivity index (χ0n) is 9.59. The summed E-state index contributed by atoms with van der Waals surface area (Å²) >= 11 is 1.92. The third-order valence-corrected chi connectivity index (χ3v) is 3.85. The van der Waals surface area contributed by atoms with Crippen molar-refractivity contribution in [1.82, 2.24) is 4.98 Å². The van der Waals surface area contributed by atoms with Gasteiger partial charge >= 0.3 is 5.97 Å². The summed E-state index contributed by atoms with van der Waals surface area (Å²) in [5.74, 6) is 0.727. The van der Waals surface area contributed by atoms with Crippen molar-refractivity contribution in [2.45, 2.75) is 12.2 Å². The van der Waals surface area contributed by atoms with Crippen LogP contribution >= 0.6 is 11.8 Å². The van der Waals surface area contributed by atoms with Crippen LogP contribution in [0.25, 0.3) is 0 Å². The predicted molar refractivity (Wildman–Crippen MR) is 69.7 cm³/mol. The molecule has 0 amide bonds. The summed E-state index contributed by atoms with van der Waals surface area (Å²) in [5, 5.41) is 9.55. The highest BCUT2D eigenvalue weighted by Gasteiger charge is 2.19. The summed E-state index contributed by atoms with van der Waals surface area (Å²) in [6, 6.07) is 1.56. The maximum atomic E-state index is 11.0. The molecule has 1 unspecified atom stereocenters. The molecule has 92 valence electrons. The van der Waals surface area contributed by atoms with E-state index in [-0.39, 0.29) is 11.3 Å². The van der Waals surface area contributed by atoms with Crippen molar-refractivity contribution >= 4 is 29.2 Å². The first kappa shape index (κ1) is 12.0. The number of carboxylic acid groups (broad SMARTS) is 1. The largest absolute Gasteiger partial charge is 0.478 e. The van der Waals surface area contributed by atoms with Crippen molar-refractivity contribution in [1.29, 1.82) is 0 Å². The lowest BCUT2D eigenvalue weighted by atomic mass is 10.2. The lowest BCUT2D eigenvalue weighted by molar-refractivity contribution is 0.0698. The minimum Gasteiger partial charge on any atom is -0.478 e. The minimum absolute atomic E-state index is 0.126. The summed E-state index contributed by atoms with van der Waals surface area (Å²) in [6.07, 6.45) is 1.42. The monoisotopic (exact) mass is 253 g/mol. The Kier molecular flexibility index (Phi) is 3.42. The van der Waals surface area contributed by atoms with Gasteiger partial charge in [0.2, 0.25) is 0 Å². The van der Waals surface area contributed by atoms with Gasteiger partial charge in [0.05, 0.1) is 17.4 Å². The van der Waals surface area contributed by atoms with Crippen LogP contribution in [0.1, 0.15) is 17.3 Å². The van der Waals surface area contributed by atoms with Crippen molar-refractivity contribution < 1.29 is 9.90 Å². The third-order valence-electron chi connectivity index (χ3n) is 2.72. The van der Waals surface area contributed by atoms with Gasteiger partial charge in [-0.1, -0.05) is 6.92 Å². The number of nitrogen functional groups attached to an aromatic ring is 1. The molecule has 6 heteroatoms. The molecule has 1 aliphatic rings. The van der Waals surface area contributed by atoms with Gasteiger partial charge in [-0.2, -0.15) is 11.8 Å². The molecule has 0 spiro atoms. The number of nitrogens with zero attached hydrogens (tertiary/aromatic N) is 2. The average Bonchev–Trinajstić information content (AvgIpc) is 2.29. The van der Waals surface area contributed by atoms with Crippen LogP contribution in [0.15, 0.2) is 12.3 Å². The van der Waals surface area contributed by atoms with E-state index in [0.29, 0.717) is 11.1 Å². The molecular weight excluding hydrogens is 238 g/mol. The molecule has 1 aromatic rings. The Labute approximate surface area is 104 Å². The van der Waals surface area contributed by atoms with Gasteiger partial charge in [0.15, 0.2) is 0 Å². The van der Waals surface area contributed by atoms with Crippen molar-refractivity contribution in [2.75, 3.05) is 29.5 Å². The first-order valence-corrected chi connectivity index (χ1v) is 6.48. The summed E-state index contributed by atoms with van der Waals surface area (Å²) in [5.41, 5.74) is 5.92. The molecular formula is C11H15N3O2S. The molecule has 1 aliphatic heterocycles. The van der Waals surface area contributed by atoms with Gasteiger partial charge in [0.1, 0.15) is 5.82 Å². The first-order chi connectivity index (χ1) is 8.08. The van der Waals surface area contributed by atoms with E-state index in [1.165, 1.54) is 6.20 Å². The first-order valence-electron chi connectivity index (χ1n) is 5.43. The lowest BCUT2D eigenvalue weighted by Crippen LogP contribution is -2.37. The number of pyridine rings is 1. The van der Waals surface area contributed by atoms with Gasteiger partial charge in [-0.05, 0) is 6.07 Å². The lowest BCUT2D eigenvalue weighted by Gasteiger charge is -2.31. The molecule has 5 nitrogen and oxygen atoms in total. The molecule has 0 radical (unpaired) electrons. The van der Waals surface area contributed by atoms with E-state index in [9.17, 15) is 4.79 Å². The Balaban J connectivity index is 2.26. The van der Waals surface area contributed by atoms with Crippen LogP contribution in [0.3, 0.4) is 0 Å². The number of nitrogens with two attached hydrogens (primary N) is 1. The Morgan fingerprint density at radius 1 is 1.71 bits per heavy atom. The number of carbonyl (C=O) groups is 1. The minimum atomic E-state index is -1.01. The molecule has 1 saturated heterocycles. The number of hydrogen-bond acceptors (Lipinski definition) is 5. The SMILES string of the molecule is CC1CN(c2cc(C(=O)O)c(N)cn2)CCS1. The summed E-state index contributed by atoms with van der Waals surface area (Å²) in [6.45, 7) is 3.94. The number of rotatable bonds is 2. The molecule has 2 rings (SSSR count). The fourth-order valence-corrected chi connectivity index (χ4v) is 2.85. The molecule has 1 fully saturated rings. The fraction of sp³-hybridized carbons (Fsp3) is 0.455. The second-order valence-corrected chi connectivity index (χ2v) is 5.61. The predicted octanol–water partition coefficient (Wildman–Crippen LogP) is 1.30. The number of thioether (sulfide) groups is 1. The Hall–Kier alpha value is -1.43. The Morgan fingerprint density at radius 2 is 2.47 bits per heavy atom. The van der Waals surface area contributed by atoms with Crippen molar-refractivity contribution in [3.63, 3.8) is 0 Å². The van der Waals surface area contributed by atoms with Crippen molar-refractivity contribution in [3.05, 3.63) is 17.8 Å². The molecule has 0 aromatic carbocycles. The topological polar surface area (TPSA) is 79.5 Å². The fourth-order valence-electron chi connectivity index (χ4n) is 1.84. The van der Waals surface area contributed by atoms with Crippen LogP contribution in [-0.2, 0) is 0 Å². The second kappa shape index (κ2) is 4.83. The summed E-state index contributed by atoms with van der Waals surface area (Å²) < 4.78 is 0. The maximum absolute atomic E-state index is 11.0.